The summed E-state index contributed by atoms with van der Waals surface area (Å²) in [6.45, 7) is 5.36. The molecule has 0 fully saturated rings. The number of hydrogen-bond acceptors (Lipinski definition) is 5. The molecule has 1 unspecified atom stereocenters. The average Bonchev–Trinajstić information content (AvgIpc) is 2.91. The van der Waals surface area contributed by atoms with E-state index in [1.165, 1.54) is 0 Å². The minimum atomic E-state index is 0.442. The zero-order chi connectivity index (χ0) is 15.2. The molecule has 1 atom stereocenters. The van der Waals surface area contributed by atoms with Crippen LogP contribution in [0.15, 0.2) is 25.7 Å². The summed E-state index contributed by atoms with van der Waals surface area (Å²) in [4.78, 5) is 8.72. The maximum atomic E-state index is 5.30. The molecule has 5 nitrogen and oxygen atoms in total. The van der Waals surface area contributed by atoms with Crippen LogP contribution in [0.4, 0.5) is 0 Å². The van der Waals surface area contributed by atoms with Gasteiger partial charge in [0.15, 0.2) is 0 Å². The molecule has 0 bridgehead atoms. The minimum absolute atomic E-state index is 0.442. The van der Waals surface area contributed by atoms with E-state index in [0.29, 0.717) is 23.5 Å². The predicted molar refractivity (Wildman–Crippen MR) is 89.0 cm³/mol. The maximum Gasteiger partial charge on any atom is 0.227 e. The fourth-order valence-corrected chi connectivity index (χ4v) is 3.03. The van der Waals surface area contributed by atoms with Crippen molar-refractivity contribution in [3.63, 3.8) is 0 Å². The normalized spacial score (nSPS) is 12.6. The summed E-state index contributed by atoms with van der Waals surface area (Å²) >= 11 is 6.83. The first-order valence-corrected chi connectivity index (χ1v) is 8.56. The summed E-state index contributed by atoms with van der Waals surface area (Å²) in [5.74, 6) is 1.16. The molecule has 0 aliphatic carbocycles. The molecule has 0 aliphatic heterocycles. The number of nitrogens with zero attached hydrogens (tertiary/aromatic N) is 3. The lowest BCUT2D eigenvalue weighted by Crippen LogP contribution is -2.27. The van der Waals surface area contributed by atoms with Crippen LogP contribution in [0.1, 0.15) is 32.6 Å². The molecule has 21 heavy (non-hydrogen) atoms. The third kappa shape index (κ3) is 4.86. The van der Waals surface area contributed by atoms with Gasteiger partial charge in [0.2, 0.25) is 11.7 Å². The Hall–Kier alpha value is -0.790. The first-order valence-electron chi connectivity index (χ1n) is 6.97. The van der Waals surface area contributed by atoms with E-state index in [0.717, 1.165) is 34.8 Å². The molecule has 2 aromatic heterocycles. The molecule has 2 heterocycles. The number of hydrogen-bond donors (Lipinski definition) is 1. The van der Waals surface area contributed by atoms with E-state index in [-0.39, 0.29) is 0 Å². The quantitative estimate of drug-likeness (QED) is 0.738. The van der Waals surface area contributed by atoms with E-state index in [1.54, 1.807) is 6.20 Å². The van der Waals surface area contributed by atoms with Crippen molar-refractivity contribution in [2.45, 2.75) is 39.2 Å². The number of nitrogens with one attached hydrogen (secondary N) is 1. The molecule has 7 heteroatoms. The standard InChI is InChI=1S/C14H18Br2N4O/c1-3-6-17-9(2)4-5-12-19-14(20-21-12)13-11(16)7-10(15)8-18-13/h7-9,17H,3-6H2,1-2H3. The second-order valence-corrected chi connectivity index (χ2v) is 6.66. The van der Waals surface area contributed by atoms with Crippen molar-refractivity contribution in [3.05, 3.63) is 27.1 Å². The Morgan fingerprint density at radius 3 is 2.90 bits per heavy atom. The van der Waals surface area contributed by atoms with Crippen LogP contribution in [0.2, 0.25) is 0 Å². The van der Waals surface area contributed by atoms with Crippen LogP contribution in [0.3, 0.4) is 0 Å². The van der Waals surface area contributed by atoms with Crippen molar-refractivity contribution in [1.82, 2.24) is 20.4 Å². The lowest BCUT2D eigenvalue weighted by Gasteiger charge is -2.10. The second kappa shape index (κ2) is 8.00. The van der Waals surface area contributed by atoms with E-state index >= 15 is 0 Å². The highest BCUT2D eigenvalue weighted by Crippen LogP contribution is 2.26. The van der Waals surface area contributed by atoms with E-state index < -0.39 is 0 Å². The third-order valence-corrected chi connectivity index (χ3v) is 4.06. The summed E-state index contributed by atoms with van der Waals surface area (Å²) in [7, 11) is 0. The highest BCUT2D eigenvalue weighted by Gasteiger charge is 2.14. The Labute approximate surface area is 141 Å². The first-order chi connectivity index (χ1) is 10.1. The fraction of sp³-hybridized carbons (Fsp3) is 0.500. The molecule has 0 spiro atoms. The maximum absolute atomic E-state index is 5.30. The molecule has 0 amide bonds. The van der Waals surface area contributed by atoms with Crippen LogP contribution >= 0.6 is 31.9 Å². The second-order valence-electron chi connectivity index (χ2n) is 4.89. The van der Waals surface area contributed by atoms with Crippen molar-refractivity contribution >= 4 is 31.9 Å². The summed E-state index contributed by atoms with van der Waals surface area (Å²) in [5.41, 5.74) is 0.686. The summed E-state index contributed by atoms with van der Waals surface area (Å²) in [6, 6.07) is 2.35. The highest BCUT2D eigenvalue weighted by molar-refractivity contribution is 9.11. The van der Waals surface area contributed by atoms with Gasteiger partial charge in [-0.15, -0.1) is 0 Å². The van der Waals surface area contributed by atoms with Crippen LogP contribution in [-0.4, -0.2) is 27.7 Å². The van der Waals surface area contributed by atoms with Gasteiger partial charge in [0, 0.05) is 27.6 Å². The van der Waals surface area contributed by atoms with Crippen molar-refractivity contribution in [2.24, 2.45) is 0 Å². The Morgan fingerprint density at radius 2 is 2.19 bits per heavy atom. The Bertz CT molecular complexity index is 588. The summed E-state index contributed by atoms with van der Waals surface area (Å²) in [5, 5.41) is 7.44. The minimum Gasteiger partial charge on any atom is -0.339 e. The van der Waals surface area contributed by atoms with Gasteiger partial charge in [-0.1, -0.05) is 12.1 Å². The molecule has 0 saturated heterocycles. The number of rotatable bonds is 7. The van der Waals surface area contributed by atoms with E-state index in [9.17, 15) is 0 Å². The van der Waals surface area contributed by atoms with Crippen molar-refractivity contribution < 1.29 is 4.52 Å². The SMILES string of the molecule is CCCNC(C)CCc1nc(-c2ncc(Br)cc2Br)no1. The molecular formula is C14H18Br2N4O. The third-order valence-electron chi connectivity index (χ3n) is 3.02. The highest BCUT2D eigenvalue weighted by atomic mass is 79.9. The molecule has 0 radical (unpaired) electrons. The number of pyridine rings is 1. The Morgan fingerprint density at radius 1 is 1.38 bits per heavy atom. The van der Waals surface area contributed by atoms with Gasteiger partial charge in [0.25, 0.3) is 0 Å². The van der Waals surface area contributed by atoms with Crippen LogP contribution < -0.4 is 5.32 Å². The van der Waals surface area contributed by atoms with E-state index in [1.807, 2.05) is 6.07 Å². The smallest absolute Gasteiger partial charge is 0.227 e. The Kier molecular flexibility index (Phi) is 6.32. The lowest BCUT2D eigenvalue weighted by molar-refractivity contribution is 0.367. The van der Waals surface area contributed by atoms with Crippen LogP contribution in [0.5, 0.6) is 0 Å². The molecule has 2 aromatic rings. The average molecular weight is 418 g/mol. The summed E-state index contributed by atoms with van der Waals surface area (Å²) in [6.07, 6.45) is 4.58. The summed E-state index contributed by atoms with van der Waals surface area (Å²) < 4.78 is 7.03. The molecular weight excluding hydrogens is 400 g/mol. The van der Waals surface area contributed by atoms with Crippen molar-refractivity contribution in [3.8, 4) is 11.5 Å². The van der Waals surface area contributed by atoms with Crippen molar-refractivity contribution in [2.75, 3.05) is 6.54 Å². The van der Waals surface area contributed by atoms with Gasteiger partial charge < -0.3 is 9.84 Å². The Balaban J connectivity index is 1.98. The molecule has 1 N–H and O–H groups in total. The molecule has 0 aliphatic rings. The first kappa shape index (κ1) is 16.6. The predicted octanol–water partition coefficient (Wildman–Crippen LogP) is 3.98. The van der Waals surface area contributed by atoms with Gasteiger partial charge in [0.1, 0.15) is 5.69 Å². The van der Waals surface area contributed by atoms with Gasteiger partial charge in [-0.25, -0.2) is 0 Å². The number of aromatic nitrogens is 3. The number of halogens is 2. The molecule has 2 rings (SSSR count). The monoisotopic (exact) mass is 416 g/mol. The van der Waals surface area contributed by atoms with E-state index in [2.05, 4.69) is 66.1 Å². The van der Waals surface area contributed by atoms with Gasteiger partial charge in [-0.3, -0.25) is 4.98 Å². The molecule has 0 aromatic carbocycles. The number of aryl methyl sites for hydroxylation is 1. The van der Waals surface area contributed by atoms with Crippen molar-refractivity contribution in [1.29, 1.82) is 0 Å². The van der Waals surface area contributed by atoms with Gasteiger partial charge in [-0.05, 0) is 64.2 Å². The van der Waals surface area contributed by atoms with Crippen LogP contribution in [-0.2, 0) is 6.42 Å². The lowest BCUT2D eigenvalue weighted by atomic mass is 10.2. The fourth-order valence-electron chi connectivity index (χ4n) is 1.86. The van der Waals surface area contributed by atoms with Gasteiger partial charge >= 0.3 is 0 Å². The van der Waals surface area contributed by atoms with Gasteiger partial charge in [0.05, 0.1) is 0 Å². The van der Waals surface area contributed by atoms with E-state index in [4.69, 9.17) is 4.52 Å². The topological polar surface area (TPSA) is 63.8 Å². The molecule has 0 saturated carbocycles. The largest absolute Gasteiger partial charge is 0.339 e. The zero-order valence-electron chi connectivity index (χ0n) is 12.1. The van der Waals surface area contributed by atoms with Crippen LogP contribution in [0, 0.1) is 0 Å². The van der Waals surface area contributed by atoms with Gasteiger partial charge in [-0.2, -0.15) is 4.98 Å². The van der Waals surface area contributed by atoms with Crippen LogP contribution in [0.25, 0.3) is 11.5 Å². The molecule has 114 valence electrons. The zero-order valence-corrected chi connectivity index (χ0v) is 15.2.